The van der Waals surface area contributed by atoms with Crippen LogP contribution in [0.15, 0.2) is 0 Å². The Hall–Kier alpha value is -1.67. The molecule has 8 nitrogen and oxygen atoms in total. The lowest BCUT2D eigenvalue weighted by Gasteiger charge is -2.34. The topological polar surface area (TPSA) is 119 Å². The number of carbonyl (C=O) groups is 3. The van der Waals surface area contributed by atoms with Crippen LogP contribution in [0.3, 0.4) is 0 Å². The number of aliphatic carboxylic acids is 1. The number of carboxylic acid groups (broad SMARTS) is 1. The Bertz CT molecular complexity index is 399. The number of hydrogen-bond acceptors (Lipinski definition) is 5. The van der Waals surface area contributed by atoms with Crippen molar-refractivity contribution in [1.82, 2.24) is 4.90 Å². The van der Waals surface area contributed by atoms with Gasteiger partial charge in [0.25, 0.3) is 5.91 Å². The maximum Gasteiger partial charge on any atom is 0.332 e. The van der Waals surface area contributed by atoms with E-state index in [4.69, 9.17) is 20.3 Å². The van der Waals surface area contributed by atoms with Crippen LogP contribution in [0.1, 0.15) is 12.8 Å². The van der Waals surface area contributed by atoms with E-state index in [9.17, 15) is 14.4 Å². The quantitative estimate of drug-likeness (QED) is 0.634. The third kappa shape index (κ3) is 2.85. The minimum Gasteiger partial charge on any atom is -0.479 e. The van der Waals surface area contributed by atoms with Crippen LogP contribution in [0.25, 0.3) is 0 Å². The molecule has 0 aromatic heterocycles. The van der Waals surface area contributed by atoms with Gasteiger partial charge in [-0.3, -0.25) is 9.59 Å². The molecule has 0 radical (unpaired) electrons. The first-order valence-corrected chi connectivity index (χ1v) is 6.06. The first kappa shape index (κ1) is 13.8. The number of nitrogens with two attached hydrogens (primary N) is 1. The fraction of sp³-hybridized carbons (Fsp3) is 0.727. The van der Waals surface area contributed by atoms with Gasteiger partial charge in [-0.15, -0.1) is 0 Å². The number of rotatable bonds is 3. The highest BCUT2D eigenvalue weighted by atomic mass is 16.5. The standard InChI is InChI=1S/C11H16N2O6/c12-9(14)6-5-18-4-3-13(6)10(15)7-1-2-8(19-7)11(16)17/h6-8H,1-5H2,(H2,12,14)(H,16,17)/t6?,7-,8+/m0/s1. The SMILES string of the molecule is NC(=O)C1COCCN1C(=O)[C@@H]1CC[C@H](C(=O)O)O1. The van der Waals surface area contributed by atoms with Crippen LogP contribution in [-0.4, -0.2) is 65.8 Å². The van der Waals surface area contributed by atoms with Gasteiger partial charge in [-0.1, -0.05) is 0 Å². The highest BCUT2D eigenvalue weighted by Crippen LogP contribution is 2.23. The summed E-state index contributed by atoms with van der Waals surface area (Å²) in [4.78, 5) is 35.6. The summed E-state index contributed by atoms with van der Waals surface area (Å²) in [5.74, 6) is -2.11. The van der Waals surface area contributed by atoms with Crippen molar-refractivity contribution in [2.24, 2.45) is 5.73 Å². The number of nitrogens with zero attached hydrogens (tertiary/aromatic N) is 1. The summed E-state index contributed by atoms with van der Waals surface area (Å²) in [6.07, 6.45) is -1.15. The van der Waals surface area contributed by atoms with Gasteiger partial charge >= 0.3 is 5.97 Å². The van der Waals surface area contributed by atoms with E-state index < -0.39 is 36.0 Å². The summed E-state index contributed by atoms with van der Waals surface area (Å²) in [6, 6.07) is -0.811. The van der Waals surface area contributed by atoms with Crippen molar-refractivity contribution in [3.05, 3.63) is 0 Å². The molecule has 2 fully saturated rings. The number of hydrogen-bond donors (Lipinski definition) is 2. The first-order chi connectivity index (χ1) is 9.00. The van der Waals surface area contributed by atoms with Gasteiger partial charge in [-0.05, 0) is 12.8 Å². The molecular formula is C11H16N2O6. The molecule has 106 valence electrons. The molecule has 1 unspecified atom stereocenters. The molecule has 19 heavy (non-hydrogen) atoms. The molecule has 0 aliphatic carbocycles. The fourth-order valence-electron chi connectivity index (χ4n) is 2.29. The molecule has 2 aliphatic rings. The molecule has 0 bridgehead atoms. The van der Waals surface area contributed by atoms with Gasteiger partial charge in [0.05, 0.1) is 13.2 Å². The Labute approximate surface area is 109 Å². The van der Waals surface area contributed by atoms with Crippen LogP contribution >= 0.6 is 0 Å². The summed E-state index contributed by atoms with van der Waals surface area (Å²) in [5.41, 5.74) is 5.22. The van der Waals surface area contributed by atoms with Gasteiger partial charge in [0.2, 0.25) is 5.91 Å². The number of carboxylic acids is 1. The lowest BCUT2D eigenvalue weighted by Crippen LogP contribution is -2.57. The van der Waals surface area contributed by atoms with Crippen LogP contribution in [0.4, 0.5) is 0 Å². The van der Waals surface area contributed by atoms with Crippen molar-refractivity contribution in [3.8, 4) is 0 Å². The Morgan fingerprint density at radius 3 is 2.47 bits per heavy atom. The largest absolute Gasteiger partial charge is 0.479 e. The Morgan fingerprint density at radius 1 is 1.21 bits per heavy atom. The number of morpholine rings is 1. The van der Waals surface area contributed by atoms with Crippen LogP contribution in [0.5, 0.6) is 0 Å². The van der Waals surface area contributed by atoms with Crippen LogP contribution in [-0.2, 0) is 23.9 Å². The summed E-state index contributed by atoms with van der Waals surface area (Å²) >= 11 is 0. The van der Waals surface area contributed by atoms with E-state index in [1.807, 2.05) is 0 Å². The van der Waals surface area contributed by atoms with E-state index in [-0.39, 0.29) is 19.6 Å². The molecule has 2 rings (SSSR count). The van der Waals surface area contributed by atoms with Gasteiger partial charge in [0, 0.05) is 6.54 Å². The molecule has 8 heteroatoms. The zero-order chi connectivity index (χ0) is 14.0. The highest BCUT2D eigenvalue weighted by Gasteiger charge is 2.40. The fourth-order valence-corrected chi connectivity index (χ4v) is 2.29. The van der Waals surface area contributed by atoms with Gasteiger partial charge in [0.1, 0.15) is 12.1 Å². The summed E-state index contributed by atoms with van der Waals surface area (Å²) in [6.45, 7) is 0.644. The molecule has 2 saturated heterocycles. The van der Waals surface area contributed by atoms with E-state index in [1.165, 1.54) is 4.90 Å². The second-order valence-electron chi connectivity index (χ2n) is 4.55. The predicted molar refractivity (Wildman–Crippen MR) is 61.0 cm³/mol. The predicted octanol–water partition coefficient (Wildman–Crippen LogP) is -1.67. The van der Waals surface area contributed by atoms with Crippen LogP contribution < -0.4 is 5.73 Å². The Kier molecular flexibility index (Phi) is 4.01. The van der Waals surface area contributed by atoms with E-state index in [0.29, 0.717) is 13.0 Å². The van der Waals surface area contributed by atoms with E-state index in [1.54, 1.807) is 0 Å². The highest BCUT2D eigenvalue weighted by molar-refractivity contribution is 5.89. The van der Waals surface area contributed by atoms with E-state index in [0.717, 1.165) is 0 Å². The zero-order valence-corrected chi connectivity index (χ0v) is 10.3. The van der Waals surface area contributed by atoms with Crippen molar-refractivity contribution in [3.63, 3.8) is 0 Å². The molecule has 0 saturated carbocycles. The minimum atomic E-state index is -1.08. The Balaban J connectivity index is 2.02. The lowest BCUT2D eigenvalue weighted by atomic mass is 10.1. The molecule has 0 aromatic carbocycles. The van der Waals surface area contributed by atoms with Crippen LogP contribution in [0.2, 0.25) is 0 Å². The average molecular weight is 272 g/mol. The van der Waals surface area contributed by atoms with Crippen molar-refractivity contribution >= 4 is 17.8 Å². The number of ether oxygens (including phenoxy) is 2. The summed E-state index contributed by atoms with van der Waals surface area (Å²) in [5, 5.41) is 8.82. The summed E-state index contributed by atoms with van der Waals surface area (Å²) in [7, 11) is 0. The van der Waals surface area contributed by atoms with Crippen molar-refractivity contribution < 1.29 is 29.0 Å². The van der Waals surface area contributed by atoms with Gasteiger partial charge in [0.15, 0.2) is 6.10 Å². The third-order valence-corrected chi connectivity index (χ3v) is 3.31. The van der Waals surface area contributed by atoms with Crippen LogP contribution in [0, 0.1) is 0 Å². The van der Waals surface area contributed by atoms with Gasteiger partial charge < -0.3 is 25.2 Å². The maximum atomic E-state index is 12.2. The van der Waals surface area contributed by atoms with Gasteiger partial charge in [-0.25, -0.2) is 4.79 Å². The number of primary amides is 1. The maximum absolute atomic E-state index is 12.2. The van der Waals surface area contributed by atoms with Crippen molar-refractivity contribution in [1.29, 1.82) is 0 Å². The molecule has 0 aromatic rings. The summed E-state index contributed by atoms with van der Waals surface area (Å²) < 4.78 is 10.3. The second-order valence-corrected chi connectivity index (χ2v) is 4.55. The molecule has 0 spiro atoms. The molecule has 2 heterocycles. The number of amides is 2. The monoisotopic (exact) mass is 272 g/mol. The molecule has 2 amide bonds. The van der Waals surface area contributed by atoms with Gasteiger partial charge in [-0.2, -0.15) is 0 Å². The zero-order valence-electron chi connectivity index (χ0n) is 10.3. The first-order valence-electron chi connectivity index (χ1n) is 6.06. The Morgan fingerprint density at radius 2 is 1.89 bits per heavy atom. The normalized spacial score (nSPS) is 31.2. The van der Waals surface area contributed by atoms with Crippen molar-refractivity contribution in [2.45, 2.75) is 31.1 Å². The van der Waals surface area contributed by atoms with E-state index in [2.05, 4.69) is 0 Å². The second kappa shape index (κ2) is 5.54. The molecular weight excluding hydrogens is 256 g/mol. The number of carbonyl (C=O) groups excluding carboxylic acids is 2. The minimum absolute atomic E-state index is 0.0656. The molecule has 3 atom stereocenters. The van der Waals surface area contributed by atoms with E-state index >= 15 is 0 Å². The lowest BCUT2D eigenvalue weighted by molar-refractivity contribution is -0.161. The third-order valence-electron chi connectivity index (χ3n) is 3.31. The molecule has 3 N–H and O–H groups in total. The smallest absolute Gasteiger partial charge is 0.332 e. The average Bonchev–Trinajstić information content (AvgIpc) is 2.87. The van der Waals surface area contributed by atoms with Crippen molar-refractivity contribution in [2.75, 3.05) is 19.8 Å². The molecule has 2 aliphatic heterocycles.